The van der Waals surface area contributed by atoms with E-state index in [9.17, 15) is 9.59 Å². The number of carbonyl (C=O) groups excluding carboxylic acids is 2. The number of fused-ring (bicyclic) bond motifs is 1. The molecule has 9 heteroatoms. The van der Waals surface area contributed by atoms with Crippen molar-refractivity contribution in [1.82, 2.24) is 4.98 Å². The zero-order valence-corrected chi connectivity index (χ0v) is 17.6. The van der Waals surface area contributed by atoms with Crippen LogP contribution in [0.2, 0.25) is 20.1 Å². The number of halogens is 4. The molecule has 2 heterocycles. The Morgan fingerprint density at radius 1 is 0.857 bits per heavy atom. The second kappa shape index (κ2) is 7.50. The number of hydrogen-bond donors (Lipinski definition) is 0. The van der Waals surface area contributed by atoms with Crippen molar-refractivity contribution in [3.8, 4) is 0 Å². The Labute approximate surface area is 183 Å². The van der Waals surface area contributed by atoms with Crippen LogP contribution < -0.4 is 4.90 Å². The number of benzene rings is 2. The Balaban J connectivity index is 1.84. The summed E-state index contributed by atoms with van der Waals surface area (Å²) in [7, 11) is 0. The van der Waals surface area contributed by atoms with Crippen molar-refractivity contribution >= 4 is 87.4 Å². The fourth-order valence-electron chi connectivity index (χ4n) is 2.88. The van der Waals surface area contributed by atoms with Crippen LogP contribution in [0.25, 0.3) is 12.2 Å². The number of rotatable bonds is 3. The highest BCUT2D eigenvalue weighted by Gasteiger charge is 2.42. The van der Waals surface area contributed by atoms with E-state index in [-0.39, 0.29) is 31.2 Å². The average molecular weight is 470 g/mol. The molecule has 0 aliphatic carbocycles. The zero-order chi connectivity index (χ0) is 20.0. The van der Waals surface area contributed by atoms with Crippen LogP contribution >= 0.6 is 57.7 Å². The quantitative estimate of drug-likeness (QED) is 0.243. The van der Waals surface area contributed by atoms with Crippen LogP contribution in [0.4, 0.5) is 5.69 Å². The van der Waals surface area contributed by atoms with Gasteiger partial charge in [0.25, 0.3) is 11.8 Å². The molecular formula is C19H8Cl4N2O2S. The predicted molar refractivity (Wildman–Crippen MR) is 115 cm³/mol. The molecule has 4 nitrogen and oxygen atoms in total. The van der Waals surface area contributed by atoms with Crippen molar-refractivity contribution < 1.29 is 9.59 Å². The fourth-order valence-corrected chi connectivity index (χ4v) is 4.42. The normalized spacial score (nSPS) is 13.6. The lowest BCUT2D eigenvalue weighted by Crippen LogP contribution is -2.30. The molecule has 2 amide bonds. The van der Waals surface area contributed by atoms with E-state index in [0.29, 0.717) is 11.3 Å². The van der Waals surface area contributed by atoms with Crippen LogP contribution in [-0.2, 0) is 0 Å². The maximum absolute atomic E-state index is 13.1. The molecule has 0 unspecified atom stereocenters. The molecule has 1 aromatic heterocycles. The Morgan fingerprint density at radius 2 is 1.46 bits per heavy atom. The first-order chi connectivity index (χ1) is 13.4. The minimum Gasteiger partial charge on any atom is -0.268 e. The summed E-state index contributed by atoms with van der Waals surface area (Å²) < 4.78 is 0. The highest BCUT2D eigenvalue weighted by molar-refractivity contribution is 7.10. The number of amides is 2. The SMILES string of the molecule is O=C1c2c(Cl)c(Cl)c(Cl)c(Cl)c2C(=O)N1c1ccccc1/C=C/c1nccs1. The summed E-state index contributed by atoms with van der Waals surface area (Å²) in [5, 5.41) is 2.33. The molecule has 1 aliphatic rings. The number of para-hydroxylation sites is 1. The number of carbonyl (C=O) groups is 2. The lowest BCUT2D eigenvalue weighted by molar-refractivity contribution is 0.0926. The maximum atomic E-state index is 13.1. The topological polar surface area (TPSA) is 50.3 Å². The third kappa shape index (κ3) is 3.04. The van der Waals surface area contributed by atoms with Gasteiger partial charge >= 0.3 is 0 Å². The predicted octanol–water partition coefficient (Wildman–Crippen LogP) is 6.73. The summed E-state index contributed by atoms with van der Waals surface area (Å²) in [4.78, 5) is 31.3. The summed E-state index contributed by atoms with van der Waals surface area (Å²) in [5.41, 5.74) is 0.937. The van der Waals surface area contributed by atoms with Gasteiger partial charge < -0.3 is 0 Å². The van der Waals surface area contributed by atoms with Gasteiger partial charge in [-0.05, 0) is 23.8 Å². The Kier molecular flexibility index (Phi) is 5.21. The van der Waals surface area contributed by atoms with Gasteiger partial charge in [0.05, 0.1) is 36.9 Å². The van der Waals surface area contributed by atoms with Gasteiger partial charge in [-0.2, -0.15) is 0 Å². The molecule has 1 aliphatic heterocycles. The Bertz CT molecular complexity index is 1110. The molecule has 0 atom stereocenters. The maximum Gasteiger partial charge on any atom is 0.267 e. The molecule has 0 saturated heterocycles. The van der Waals surface area contributed by atoms with Crippen molar-refractivity contribution in [3.05, 3.63) is 77.6 Å². The first-order valence-corrected chi connectivity index (χ1v) is 10.2. The van der Waals surface area contributed by atoms with E-state index in [1.165, 1.54) is 11.3 Å². The van der Waals surface area contributed by atoms with Crippen LogP contribution in [-0.4, -0.2) is 16.8 Å². The lowest BCUT2D eigenvalue weighted by atomic mass is 10.1. The number of nitrogens with zero attached hydrogens (tertiary/aromatic N) is 2. The largest absolute Gasteiger partial charge is 0.268 e. The van der Waals surface area contributed by atoms with E-state index in [1.54, 1.807) is 42.6 Å². The molecule has 0 N–H and O–H groups in total. The number of aromatic nitrogens is 1. The van der Waals surface area contributed by atoms with Crippen molar-refractivity contribution in [3.63, 3.8) is 0 Å². The van der Waals surface area contributed by atoms with Gasteiger partial charge in [-0.1, -0.05) is 64.6 Å². The standard InChI is InChI=1S/C19H8Cl4N2O2S/c20-14-12-13(15(21)17(23)16(14)22)19(27)25(18(12)26)10-4-2-1-3-9(10)5-6-11-24-7-8-28-11/h1-8H/b6-5+. The number of imide groups is 1. The second-order valence-corrected chi connectivity index (χ2v) is 8.15. The van der Waals surface area contributed by atoms with Crippen molar-refractivity contribution in [1.29, 1.82) is 0 Å². The van der Waals surface area contributed by atoms with Gasteiger partial charge in [0.15, 0.2) is 0 Å². The lowest BCUT2D eigenvalue weighted by Gasteiger charge is -2.16. The van der Waals surface area contributed by atoms with Gasteiger partial charge in [0, 0.05) is 11.6 Å². The van der Waals surface area contributed by atoms with E-state index < -0.39 is 11.8 Å². The van der Waals surface area contributed by atoms with Gasteiger partial charge in [-0.15, -0.1) is 11.3 Å². The van der Waals surface area contributed by atoms with E-state index in [0.717, 1.165) is 9.91 Å². The zero-order valence-electron chi connectivity index (χ0n) is 13.7. The van der Waals surface area contributed by atoms with Gasteiger partial charge in [-0.3, -0.25) is 9.59 Å². The van der Waals surface area contributed by atoms with Crippen molar-refractivity contribution in [2.45, 2.75) is 0 Å². The molecule has 0 fully saturated rings. The van der Waals surface area contributed by atoms with E-state index in [1.807, 2.05) is 5.38 Å². The molecule has 140 valence electrons. The molecule has 4 rings (SSSR count). The Hall–Kier alpha value is -1.89. The molecular weight excluding hydrogens is 462 g/mol. The monoisotopic (exact) mass is 468 g/mol. The van der Waals surface area contributed by atoms with Crippen LogP contribution in [0.1, 0.15) is 31.3 Å². The fraction of sp³-hybridized carbons (Fsp3) is 0. The first-order valence-electron chi connectivity index (χ1n) is 7.83. The van der Waals surface area contributed by atoms with Gasteiger partial charge in [-0.25, -0.2) is 9.88 Å². The van der Waals surface area contributed by atoms with E-state index >= 15 is 0 Å². The molecule has 28 heavy (non-hydrogen) atoms. The highest BCUT2D eigenvalue weighted by atomic mass is 35.5. The number of anilines is 1. The van der Waals surface area contributed by atoms with Crippen LogP contribution in [0.3, 0.4) is 0 Å². The Morgan fingerprint density at radius 3 is 2.04 bits per heavy atom. The average Bonchev–Trinajstić information content (AvgIpc) is 3.29. The summed E-state index contributed by atoms with van der Waals surface area (Å²) in [6.45, 7) is 0. The summed E-state index contributed by atoms with van der Waals surface area (Å²) in [6.07, 6.45) is 5.27. The summed E-state index contributed by atoms with van der Waals surface area (Å²) >= 11 is 26.0. The van der Waals surface area contributed by atoms with Gasteiger partial charge in [0.1, 0.15) is 5.01 Å². The number of hydrogen-bond acceptors (Lipinski definition) is 4. The molecule has 3 aromatic rings. The summed E-state index contributed by atoms with van der Waals surface area (Å²) in [5.74, 6) is -1.22. The van der Waals surface area contributed by atoms with E-state index in [4.69, 9.17) is 46.4 Å². The van der Waals surface area contributed by atoms with Crippen molar-refractivity contribution in [2.24, 2.45) is 0 Å². The smallest absolute Gasteiger partial charge is 0.267 e. The third-order valence-electron chi connectivity index (χ3n) is 4.14. The molecule has 0 saturated carbocycles. The van der Waals surface area contributed by atoms with Crippen LogP contribution in [0.5, 0.6) is 0 Å². The first kappa shape index (κ1) is 19.4. The second-order valence-electron chi connectivity index (χ2n) is 5.71. The van der Waals surface area contributed by atoms with E-state index in [2.05, 4.69) is 4.98 Å². The minimum absolute atomic E-state index is 0.0511. The van der Waals surface area contributed by atoms with Crippen LogP contribution in [0.15, 0.2) is 35.8 Å². The molecule has 2 aromatic carbocycles. The van der Waals surface area contributed by atoms with Crippen molar-refractivity contribution in [2.75, 3.05) is 4.90 Å². The molecule has 0 spiro atoms. The van der Waals surface area contributed by atoms with Gasteiger partial charge in [0.2, 0.25) is 0 Å². The highest BCUT2D eigenvalue weighted by Crippen LogP contribution is 2.46. The molecule has 0 bridgehead atoms. The summed E-state index contributed by atoms with van der Waals surface area (Å²) in [6, 6.07) is 6.97. The third-order valence-corrected chi connectivity index (χ3v) is 6.68. The number of thiazole rings is 1. The van der Waals surface area contributed by atoms with Crippen LogP contribution in [0, 0.1) is 0 Å². The molecule has 0 radical (unpaired) electrons. The minimum atomic E-state index is -0.611.